The number of carbonyl (C=O) groups is 1. The summed E-state index contributed by atoms with van der Waals surface area (Å²) in [6.07, 6.45) is 1.68. The average Bonchev–Trinajstić information content (AvgIpc) is 3.16. The van der Waals surface area contributed by atoms with Crippen LogP contribution in [0.1, 0.15) is 12.8 Å². The Hall–Kier alpha value is -2.16. The third kappa shape index (κ3) is 4.77. The number of sulfonamides is 1. The zero-order chi connectivity index (χ0) is 19.4. The van der Waals surface area contributed by atoms with Crippen molar-refractivity contribution < 1.29 is 22.3 Å². The Morgan fingerprint density at radius 3 is 2.59 bits per heavy atom. The van der Waals surface area contributed by atoms with Crippen molar-refractivity contribution in [1.29, 1.82) is 0 Å². The van der Waals surface area contributed by atoms with Gasteiger partial charge in [0.15, 0.2) is 6.61 Å². The standard InChI is InChI=1S/C18H18ClFN2O4S/c19-16-11-15(27(24,25)22-8-1-2-9-22)6-7-17(16)26-12-18(23)21-14-5-3-4-13(20)10-14/h3-7,10-11H,1-2,8-9,12H2,(H,21,23). The first kappa shape index (κ1) is 19.6. The number of amides is 1. The molecule has 0 aromatic heterocycles. The van der Waals surface area contributed by atoms with Gasteiger partial charge in [-0.1, -0.05) is 17.7 Å². The van der Waals surface area contributed by atoms with E-state index < -0.39 is 21.7 Å². The fourth-order valence-electron chi connectivity index (χ4n) is 2.74. The van der Waals surface area contributed by atoms with Crippen LogP contribution >= 0.6 is 11.6 Å². The number of nitrogens with one attached hydrogen (secondary N) is 1. The van der Waals surface area contributed by atoms with E-state index in [4.69, 9.17) is 16.3 Å². The molecule has 0 spiro atoms. The Morgan fingerprint density at radius 1 is 1.19 bits per heavy atom. The highest BCUT2D eigenvalue weighted by Gasteiger charge is 2.27. The molecule has 1 N–H and O–H groups in total. The second-order valence-electron chi connectivity index (χ2n) is 6.05. The summed E-state index contributed by atoms with van der Waals surface area (Å²) in [6, 6.07) is 9.61. The quantitative estimate of drug-likeness (QED) is 0.790. The van der Waals surface area contributed by atoms with Gasteiger partial charge in [0.2, 0.25) is 10.0 Å². The van der Waals surface area contributed by atoms with E-state index in [2.05, 4.69) is 5.32 Å². The predicted octanol–water partition coefficient (Wildman–Crippen LogP) is 3.28. The van der Waals surface area contributed by atoms with Gasteiger partial charge < -0.3 is 10.1 Å². The van der Waals surface area contributed by atoms with Crippen LogP contribution in [0.2, 0.25) is 5.02 Å². The van der Waals surface area contributed by atoms with E-state index >= 15 is 0 Å². The molecule has 9 heteroatoms. The molecule has 6 nitrogen and oxygen atoms in total. The molecule has 0 unspecified atom stereocenters. The van der Waals surface area contributed by atoms with Crippen LogP contribution in [0.15, 0.2) is 47.4 Å². The first-order valence-electron chi connectivity index (χ1n) is 8.34. The van der Waals surface area contributed by atoms with E-state index in [1.807, 2.05) is 0 Å². The summed E-state index contributed by atoms with van der Waals surface area (Å²) in [5, 5.41) is 2.59. The van der Waals surface area contributed by atoms with E-state index in [9.17, 15) is 17.6 Å². The summed E-state index contributed by atoms with van der Waals surface area (Å²) in [4.78, 5) is 12.0. The first-order valence-corrected chi connectivity index (χ1v) is 10.2. The van der Waals surface area contributed by atoms with Crippen LogP contribution in [-0.2, 0) is 14.8 Å². The van der Waals surface area contributed by atoms with Crippen molar-refractivity contribution in [3.8, 4) is 5.75 Å². The van der Waals surface area contributed by atoms with Crippen LogP contribution in [0.3, 0.4) is 0 Å². The highest BCUT2D eigenvalue weighted by molar-refractivity contribution is 7.89. The van der Waals surface area contributed by atoms with Gasteiger partial charge in [-0.25, -0.2) is 12.8 Å². The highest BCUT2D eigenvalue weighted by atomic mass is 35.5. The molecule has 1 heterocycles. The van der Waals surface area contributed by atoms with Gasteiger partial charge in [-0.2, -0.15) is 4.31 Å². The molecule has 27 heavy (non-hydrogen) atoms. The lowest BCUT2D eigenvalue weighted by atomic mass is 10.3. The van der Waals surface area contributed by atoms with Gasteiger partial charge in [0.1, 0.15) is 11.6 Å². The van der Waals surface area contributed by atoms with Crippen LogP contribution in [0.5, 0.6) is 5.75 Å². The number of nitrogens with zero attached hydrogens (tertiary/aromatic N) is 1. The molecule has 0 aliphatic carbocycles. The fraction of sp³-hybridized carbons (Fsp3) is 0.278. The minimum absolute atomic E-state index is 0.0889. The number of benzene rings is 2. The Morgan fingerprint density at radius 2 is 1.93 bits per heavy atom. The maximum absolute atomic E-state index is 13.1. The molecule has 1 aliphatic rings. The van der Waals surface area contributed by atoms with E-state index in [1.165, 1.54) is 40.7 Å². The average molecular weight is 413 g/mol. The van der Waals surface area contributed by atoms with E-state index in [-0.39, 0.29) is 22.3 Å². The lowest BCUT2D eigenvalue weighted by molar-refractivity contribution is -0.118. The number of anilines is 1. The molecule has 1 amide bonds. The van der Waals surface area contributed by atoms with Crippen LogP contribution in [0, 0.1) is 5.82 Å². The van der Waals surface area contributed by atoms with Crippen molar-refractivity contribution in [1.82, 2.24) is 4.31 Å². The van der Waals surface area contributed by atoms with Gasteiger partial charge in [0, 0.05) is 18.8 Å². The number of hydrogen-bond donors (Lipinski definition) is 1. The second kappa shape index (κ2) is 8.24. The third-order valence-electron chi connectivity index (χ3n) is 4.07. The van der Waals surface area contributed by atoms with Crippen molar-refractivity contribution in [2.45, 2.75) is 17.7 Å². The Balaban J connectivity index is 1.63. The summed E-state index contributed by atoms with van der Waals surface area (Å²) >= 11 is 6.12. The zero-order valence-corrected chi connectivity index (χ0v) is 15.9. The molecular formula is C18H18ClFN2O4S. The number of halogens is 2. The summed E-state index contributed by atoms with van der Waals surface area (Å²) in [7, 11) is -3.58. The molecule has 144 valence electrons. The minimum atomic E-state index is -3.58. The van der Waals surface area contributed by atoms with Crippen molar-refractivity contribution in [3.63, 3.8) is 0 Å². The summed E-state index contributed by atoms with van der Waals surface area (Å²) in [5.41, 5.74) is 0.307. The largest absolute Gasteiger partial charge is 0.482 e. The van der Waals surface area contributed by atoms with Crippen LogP contribution in [0.25, 0.3) is 0 Å². The molecule has 0 bridgehead atoms. The number of carbonyl (C=O) groups excluding carboxylic acids is 1. The molecule has 0 saturated carbocycles. The molecule has 2 aromatic carbocycles. The predicted molar refractivity (Wildman–Crippen MR) is 100.0 cm³/mol. The maximum atomic E-state index is 13.1. The Kier molecular flexibility index (Phi) is 5.98. The van der Waals surface area contributed by atoms with Gasteiger partial charge >= 0.3 is 0 Å². The lowest BCUT2D eigenvalue weighted by Gasteiger charge is -2.16. The normalized spacial score (nSPS) is 14.9. The topological polar surface area (TPSA) is 75.7 Å². The molecule has 1 fully saturated rings. The highest BCUT2D eigenvalue weighted by Crippen LogP contribution is 2.29. The van der Waals surface area contributed by atoms with E-state index in [0.717, 1.165) is 12.8 Å². The Labute approximate surface area is 161 Å². The molecular weight excluding hydrogens is 395 g/mol. The summed E-state index contributed by atoms with van der Waals surface area (Å²) in [6.45, 7) is 0.644. The monoisotopic (exact) mass is 412 g/mol. The van der Waals surface area contributed by atoms with Gasteiger partial charge in [-0.3, -0.25) is 4.79 Å². The first-order chi connectivity index (χ1) is 12.9. The Bertz CT molecular complexity index is 946. The SMILES string of the molecule is O=C(COc1ccc(S(=O)(=O)N2CCCC2)cc1Cl)Nc1cccc(F)c1. The molecule has 1 saturated heterocycles. The maximum Gasteiger partial charge on any atom is 0.262 e. The van der Waals surface area contributed by atoms with Gasteiger partial charge in [-0.15, -0.1) is 0 Å². The molecule has 2 aromatic rings. The number of rotatable bonds is 6. The van der Waals surface area contributed by atoms with Crippen molar-refractivity contribution >= 4 is 33.2 Å². The van der Waals surface area contributed by atoms with E-state index in [1.54, 1.807) is 6.07 Å². The van der Waals surface area contributed by atoms with Gasteiger partial charge in [-0.05, 0) is 49.2 Å². The summed E-state index contributed by atoms with van der Waals surface area (Å²) in [5.74, 6) is -0.775. The lowest BCUT2D eigenvalue weighted by Crippen LogP contribution is -2.27. The minimum Gasteiger partial charge on any atom is -0.482 e. The van der Waals surface area contributed by atoms with Gasteiger partial charge in [0.05, 0.1) is 9.92 Å². The van der Waals surface area contributed by atoms with E-state index in [0.29, 0.717) is 18.8 Å². The van der Waals surface area contributed by atoms with Crippen molar-refractivity contribution in [2.75, 3.05) is 25.0 Å². The molecule has 0 radical (unpaired) electrons. The van der Waals surface area contributed by atoms with Crippen LogP contribution in [-0.4, -0.2) is 38.3 Å². The smallest absolute Gasteiger partial charge is 0.262 e. The van der Waals surface area contributed by atoms with Crippen LogP contribution < -0.4 is 10.1 Å². The molecule has 1 aliphatic heterocycles. The van der Waals surface area contributed by atoms with Gasteiger partial charge in [0.25, 0.3) is 5.91 Å². The fourth-order valence-corrected chi connectivity index (χ4v) is 4.59. The number of ether oxygens (including phenoxy) is 1. The third-order valence-corrected chi connectivity index (χ3v) is 6.26. The number of hydrogen-bond acceptors (Lipinski definition) is 4. The zero-order valence-electron chi connectivity index (χ0n) is 14.3. The second-order valence-corrected chi connectivity index (χ2v) is 8.40. The molecule has 0 atom stereocenters. The van der Waals surface area contributed by atoms with Crippen LogP contribution in [0.4, 0.5) is 10.1 Å². The van der Waals surface area contributed by atoms with Crippen molar-refractivity contribution in [2.24, 2.45) is 0 Å². The molecule has 3 rings (SSSR count). The summed E-state index contributed by atoms with van der Waals surface area (Å²) < 4.78 is 44.9. The van der Waals surface area contributed by atoms with Crippen molar-refractivity contribution in [3.05, 3.63) is 53.3 Å².